The molecule has 16 heavy (non-hydrogen) atoms. The van der Waals surface area contributed by atoms with E-state index in [2.05, 4.69) is 40.8 Å². The van der Waals surface area contributed by atoms with Crippen LogP contribution in [0.4, 0.5) is 0 Å². The van der Waals surface area contributed by atoms with Crippen LogP contribution in [0.3, 0.4) is 0 Å². The Balaban J connectivity index is 0.000000963. The van der Waals surface area contributed by atoms with Gasteiger partial charge in [-0.1, -0.05) is 24.6 Å². The zero-order valence-electron chi connectivity index (χ0n) is 9.20. The summed E-state index contributed by atoms with van der Waals surface area (Å²) in [6, 6.07) is 9.09. The van der Waals surface area contributed by atoms with E-state index in [4.69, 9.17) is 0 Å². The lowest BCUT2D eigenvalue weighted by Crippen LogP contribution is -2.26. The molecule has 0 bridgehead atoms. The Labute approximate surface area is 102 Å². The van der Waals surface area contributed by atoms with Crippen molar-refractivity contribution in [1.82, 2.24) is 10.3 Å². The first-order valence-corrected chi connectivity index (χ1v) is 5.74. The van der Waals surface area contributed by atoms with E-state index in [0.29, 0.717) is 6.04 Å². The second kappa shape index (κ2) is 4.89. The summed E-state index contributed by atoms with van der Waals surface area (Å²) >= 11 is 0. The Morgan fingerprint density at radius 2 is 2.00 bits per heavy atom. The fourth-order valence-corrected chi connectivity index (χ4v) is 2.50. The maximum Gasteiger partial charge on any atom is 0.0457 e. The van der Waals surface area contributed by atoms with Gasteiger partial charge in [0.25, 0.3) is 0 Å². The van der Waals surface area contributed by atoms with Gasteiger partial charge in [-0.15, -0.1) is 12.4 Å². The molecule has 1 fully saturated rings. The molecular weight excluding hydrogens is 220 g/mol. The molecule has 1 atom stereocenters. The van der Waals surface area contributed by atoms with Crippen molar-refractivity contribution in [3.63, 3.8) is 0 Å². The quantitative estimate of drug-likeness (QED) is 0.781. The predicted molar refractivity (Wildman–Crippen MR) is 70.1 cm³/mol. The van der Waals surface area contributed by atoms with Gasteiger partial charge in [0.05, 0.1) is 0 Å². The molecule has 2 nitrogen and oxygen atoms in total. The molecule has 2 aromatic rings. The summed E-state index contributed by atoms with van der Waals surface area (Å²) in [5.74, 6) is 0. The summed E-state index contributed by atoms with van der Waals surface area (Å²) in [4.78, 5) is 3.35. The van der Waals surface area contributed by atoms with Crippen molar-refractivity contribution < 1.29 is 0 Å². The lowest BCUT2D eigenvalue weighted by atomic mass is 9.97. The molecule has 2 heterocycles. The van der Waals surface area contributed by atoms with Gasteiger partial charge in [0, 0.05) is 23.1 Å². The number of benzene rings is 1. The molecule has 0 unspecified atom stereocenters. The average molecular weight is 237 g/mol. The molecule has 1 aromatic heterocycles. The summed E-state index contributed by atoms with van der Waals surface area (Å²) in [7, 11) is 0. The number of hydrogen-bond donors (Lipinski definition) is 2. The minimum Gasteiger partial charge on any atom is -0.361 e. The van der Waals surface area contributed by atoms with Crippen molar-refractivity contribution in [3.05, 3.63) is 36.0 Å². The number of hydrogen-bond acceptors (Lipinski definition) is 1. The summed E-state index contributed by atoms with van der Waals surface area (Å²) in [6.07, 6.45) is 6.09. The van der Waals surface area contributed by atoms with Crippen LogP contribution in [0, 0.1) is 0 Å². The summed E-state index contributed by atoms with van der Waals surface area (Å²) in [5.41, 5.74) is 2.69. The first-order chi connectivity index (χ1) is 7.45. The van der Waals surface area contributed by atoms with Gasteiger partial charge in [-0.25, -0.2) is 0 Å². The molecule has 1 aliphatic rings. The Morgan fingerprint density at radius 3 is 2.81 bits per heavy atom. The number of piperidine rings is 1. The van der Waals surface area contributed by atoms with Crippen LogP contribution < -0.4 is 5.32 Å². The highest BCUT2D eigenvalue weighted by molar-refractivity contribution is 5.85. The second-order valence-corrected chi connectivity index (χ2v) is 4.29. The van der Waals surface area contributed by atoms with E-state index in [9.17, 15) is 0 Å². The second-order valence-electron chi connectivity index (χ2n) is 4.29. The zero-order chi connectivity index (χ0) is 10.1. The molecule has 0 spiro atoms. The monoisotopic (exact) mass is 236 g/mol. The molecule has 0 amide bonds. The Hall–Kier alpha value is -0.990. The Bertz CT molecular complexity index is 458. The molecule has 1 aliphatic heterocycles. The van der Waals surface area contributed by atoms with Gasteiger partial charge in [-0.2, -0.15) is 0 Å². The molecule has 0 aliphatic carbocycles. The van der Waals surface area contributed by atoms with Crippen LogP contribution in [-0.4, -0.2) is 11.5 Å². The van der Waals surface area contributed by atoms with Gasteiger partial charge in [0.1, 0.15) is 0 Å². The van der Waals surface area contributed by atoms with E-state index in [0.717, 1.165) is 6.54 Å². The van der Waals surface area contributed by atoms with Gasteiger partial charge >= 0.3 is 0 Å². The number of aromatic amines is 1. The van der Waals surface area contributed by atoms with Crippen LogP contribution in [0.2, 0.25) is 0 Å². The van der Waals surface area contributed by atoms with Crippen LogP contribution in [-0.2, 0) is 0 Å². The summed E-state index contributed by atoms with van der Waals surface area (Å²) in [5, 5.41) is 4.97. The van der Waals surface area contributed by atoms with E-state index in [-0.39, 0.29) is 12.4 Å². The third kappa shape index (κ3) is 1.95. The highest BCUT2D eigenvalue weighted by Crippen LogP contribution is 2.28. The number of halogens is 1. The molecule has 0 saturated carbocycles. The normalized spacial score (nSPS) is 20.6. The zero-order valence-corrected chi connectivity index (χ0v) is 10.0. The smallest absolute Gasteiger partial charge is 0.0457 e. The third-order valence-corrected chi connectivity index (χ3v) is 3.31. The summed E-state index contributed by atoms with van der Waals surface area (Å²) < 4.78 is 0. The van der Waals surface area contributed by atoms with Crippen LogP contribution in [0.15, 0.2) is 30.5 Å². The minimum absolute atomic E-state index is 0. The summed E-state index contributed by atoms with van der Waals surface area (Å²) in [6.45, 7) is 1.16. The lowest BCUT2D eigenvalue weighted by molar-refractivity contribution is 0.414. The SMILES string of the molecule is Cl.c1ccc2c([C@@H]3CCCCN3)c[nH]c2c1. The maximum absolute atomic E-state index is 3.59. The molecule has 1 saturated heterocycles. The molecule has 1 aromatic carbocycles. The molecule has 2 N–H and O–H groups in total. The average Bonchev–Trinajstić information content (AvgIpc) is 2.74. The van der Waals surface area contributed by atoms with Crippen molar-refractivity contribution >= 4 is 23.3 Å². The molecule has 3 rings (SSSR count). The highest BCUT2D eigenvalue weighted by Gasteiger charge is 2.17. The fourth-order valence-electron chi connectivity index (χ4n) is 2.50. The van der Waals surface area contributed by atoms with E-state index < -0.39 is 0 Å². The number of H-pyrrole nitrogens is 1. The van der Waals surface area contributed by atoms with Crippen molar-refractivity contribution in [2.75, 3.05) is 6.54 Å². The number of rotatable bonds is 1. The number of para-hydroxylation sites is 1. The fraction of sp³-hybridized carbons (Fsp3) is 0.385. The van der Waals surface area contributed by atoms with Crippen LogP contribution in [0.5, 0.6) is 0 Å². The molecular formula is C13H17ClN2. The first-order valence-electron chi connectivity index (χ1n) is 5.74. The van der Waals surface area contributed by atoms with Crippen LogP contribution in [0.25, 0.3) is 10.9 Å². The minimum atomic E-state index is 0. The van der Waals surface area contributed by atoms with E-state index in [1.807, 2.05) is 0 Å². The van der Waals surface area contributed by atoms with Gasteiger partial charge in [0.15, 0.2) is 0 Å². The van der Waals surface area contributed by atoms with Crippen LogP contribution >= 0.6 is 12.4 Å². The molecule has 0 radical (unpaired) electrons. The van der Waals surface area contributed by atoms with Gasteiger partial charge < -0.3 is 10.3 Å². The Morgan fingerprint density at radius 1 is 1.12 bits per heavy atom. The standard InChI is InChI=1S/C13H16N2.ClH/c1-2-6-12-10(5-1)11(9-15-12)13-7-3-4-8-14-13;/h1-2,5-6,9,13-15H,3-4,7-8H2;1H/t13-;/m0./s1. The van der Waals surface area contributed by atoms with Gasteiger partial charge in [-0.05, 0) is 31.0 Å². The number of aromatic nitrogens is 1. The van der Waals surface area contributed by atoms with E-state index in [1.54, 1.807) is 0 Å². The van der Waals surface area contributed by atoms with Crippen molar-refractivity contribution in [2.45, 2.75) is 25.3 Å². The number of nitrogens with one attached hydrogen (secondary N) is 2. The predicted octanol–water partition coefficient (Wildman–Crippen LogP) is 3.40. The first kappa shape index (κ1) is 11.5. The van der Waals surface area contributed by atoms with Gasteiger partial charge in [-0.3, -0.25) is 0 Å². The largest absolute Gasteiger partial charge is 0.361 e. The van der Waals surface area contributed by atoms with Crippen LogP contribution in [0.1, 0.15) is 30.9 Å². The molecule has 3 heteroatoms. The van der Waals surface area contributed by atoms with Gasteiger partial charge in [0.2, 0.25) is 0 Å². The Kier molecular flexibility index (Phi) is 3.52. The lowest BCUT2D eigenvalue weighted by Gasteiger charge is -2.23. The van der Waals surface area contributed by atoms with E-state index in [1.165, 1.54) is 35.7 Å². The van der Waals surface area contributed by atoms with Crippen molar-refractivity contribution in [2.24, 2.45) is 0 Å². The van der Waals surface area contributed by atoms with Crippen molar-refractivity contribution in [3.8, 4) is 0 Å². The molecule has 86 valence electrons. The topological polar surface area (TPSA) is 27.8 Å². The van der Waals surface area contributed by atoms with E-state index >= 15 is 0 Å². The maximum atomic E-state index is 3.59. The highest BCUT2D eigenvalue weighted by atomic mass is 35.5. The van der Waals surface area contributed by atoms with Crippen molar-refractivity contribution in [1.29, 1.82) is 0 Å². The third-order valence-electron chi connectivity index (χ3n) is 3.31. The number of fused-ring (bicyclic) bond motifs is 1.